The maximum Gasteiger partial charge on any atom is 0.155 e. The van der Waals surface area contributed by atoms with E-state index in [0.717, 1.165) is 0 Å². The first-order valence-electron chi connectivity index (χ1n) is 5.19. The molecular weight excluding hydrogens is 214 g/mol. The zero-order valence-corrected chi connectivity index (χ0v) is 10.7. The lowest BCUT2D eigenvalue weighted by molar-refractivity contribution is -0.0442. The highest BCUT2D eigenvalue weighted by molar-refractivity contribution is 7.93. The fourth-order valence-corrected chi connectivity index (χ4v) is 4.38. The highest BCUT2D eigenvalue weighted by Crippen LogP contribution is 2.44. The Kier molecular flexibility index (Phi) is 3.20. The zero-order valence-electron chi connectivity index (χ0n) is 9.91. The van der Waals surface area contributed by atoms with Gasteiger partial charge in [0.2, 0.25) is 0 Å². The average Bonchev–Trinajstić information content (AvgIpc) is 2.37. The van der Waals surface area contributed by atoms with E-state index >= 15 is 0 Å². The molecule has 1 heterocycles. The van der Waals surface area contributed by atoms with E-state index < -0.39 is 20.2 Å². The SMILES string of the molecule is COC(C)(CN)C1CCS(=O)(=O)C1(C)C. The zero-order chi connectivity index (χ0) is 11.9. The fraction of sp³-hybridized carbons (Fsp3) is 1.00. The molecule has 2 atom stereocenters. The summed E-state index contributed by atoms with van der Waals surface area (Å²) in [6.07, 6.45) is 0.636. The molecule has 1 fully saturated rings. The molecule has 1 aliphatic heterocycles. The highest BCUT2D eigenvalue weighted by Gasteiger charge is 2.54. The molecule has 0 amide bonds. The van der Waals surface area contributed by atoms with Crippen molar-refractivity contribution in [2.45, 2.75) is 37.5 Å². The van der Waals surface area contributed by atoms with Gasteiger partial charge in [-0.2, -0.15) is 0 Å². The maximum atomic E-state index is 11.9. The van der Waals surface area contributed by atoms with E-state index in [1.54, 1.807) is 21.0 Å². The van der Waals surface area contributed by atoms with Crippen LogP contribution in [0.25, 0.3) is 0 Å². The number of hydrogen-bond acceptors (Lipinski definition) is 4. The van der Waals surface area contributed by atoms with E-state index in [2.05, 4.69) is 0 Å². The van der Waals surface area contributed by atoms with E-state index in [4.69, 9.17) is 10.5 Å². The first kappa shape index (κ1) is 12.9. The summed E-state index contributed by atoms with van der Waals surface area (Å²) < 4.78 is 28.4. The van der Waals surface area contributed by atoms with Gasteiger partial charge in [0.05, 0.1) is 16.1 Å². The van der Waals surface area contributed by atoms with Gasteiger partial charge in [-0.1, -0.05) is 0 Å². The Balaban J connectivity index is 3.11. The second kappa shape index (κ2) is 3.71. The number of sulfone groups is 1. The molecule has 0 aromatic carbocycles. The van der Waals surface area contributed by atoms with Crippen LogP contribution in [0.3, 0.4) is 0 Å². The Bertz CT molecular complexity index is 331. The van der Waals surface area contributed by atoms with Crippen LogP contribution in [0.15, 0.2) is 0 Å². The van der Waals surface area contributed by atoms with Crippen molar-refractivity contribution in [1.29, 1.82) is 0 Å². The van der Waals surface area contributed by atoms with Gasteiger partial charge < -0.3 is 10.5 Å². The minimum absolute atomic E-state index is 0.0370. The van der Waals surface area contributed by atoms with Gasteiger partial charge in [-0.25, -0.2) is 8.42 Å². The van der Waals surface area contributed by atoms with Crippen LogP contribution in [-0.4, -0.2) is 38.2 Å². The quantitative estimate of drug-likeness (QED) is 0.776. The smallest absolute Gasteiger partial charge is 0.155 e. The van der Waals surface area contributed by atoms with Gasteiger partial charge in [0.25, 0.3) is 0 Å². The van der Waals surface area contributed by atoms with Crippen LogP contribution in [0.1, 0.15) is 27.2 Å². The monoisotopic (exact) mass is 235 g/mol. The van der Waals surface area contributed by atoms with Gasteiger partial charge in [-0.3, -0.25) is 0 Å². The van der Waals surface area contributed by atoms with Crippen molar-refractivity contribution in [2.24, 2.45) is 11.7 Å². The summed E-state index contributed by atoms with van der Waals surface area (Å²) in [7, 11) is -1.42. The molecule has 0 spiro atoms. The van der Waals surface area contributed by atoms with E-state index in [0.29, 0.717) is 13.0 Å². The minimum Gasteiger partial charge on any atom is -0.377 e. The molecule has 15 heavy (non-hydrogen) atoms. The summed E-state index contributed by atoms with van der Waals surface area (Å²) in [6, 6.07) is 0. The van der Waals surface area contributed by atoms with Crippen LogP contribution in [-0.2, 0) is 14.6 Å². The number of rotatable bonds is 3. The molecule has 0 bridgehead atoms. The lowest BCUT2D eigenvalue weighted by Gasteiger charge is -2.39. The minimum atomic E-state index is -3.01. The molecule has 5 heteroatoms. The third-order valence-corrected chi connectivity index (χ3v) is 6.59. The predicted octanol–water partition coefficient (Wildman–Crippen LogP) is 0.563. The molecule has 1 saturated heterocycles. The molecule has 1 aliphatic rings. The van der Waals surface area contributed by atoms with E-state index in [1.807, 2.05) is 6.92 Å². The van der Waals surface area contributed by atoms with Crippen molar-refractivity contribution in [3.05, 3.63) is 0 Å². The first-order chi connectivity index (χ1) is 6.71. The fourth-order valence-electron chi connectivity index (χ4n) is 2.51. The van der Waals surface area contributed by atoms with Crippen molar-refractivity contribution in [1.82, 2.24) is 0 Å². The largest absolute Gasteiger partial charge is 0.377 e. The van der Waals surface area contributed by atoms with Crippen molar-refractivity contribution in [3.8, 4) is 0 Å². The lowest BCUT2D eigenvalue weighted by Crippen LogP contribution is -2.51. The summed E-state index contributed by atoms with van der Waals surface area (Å²) in [5.41, 5.74) is 5.14. The molecule has 90 valence electrons. The van der Waals surface area contributed by atoms with Gasteiger partial charge in [0.15, 0.2) is 9.84 Å². The second-order valence-electron chi connectivity index (χ2n) is 4.98. The lowest BCUT2D eigenvalue weighted by atomic mass is 9.78. The molecular formula is C10H21NO3S. The van der Waals surface area contributed by atoms with Crippen LogP contribution in [0.2, 0.25) is 0 Å². The summed E-state index contributed by atoms with van der Waals surface area (Å²) in [5, 5.41) is 0. The van der Waals surface area contributed by atoms with Gasteiger partial charge >= 0.3 is 0 Å². The molecule has 0 aromatic rings. The Labute approximate surface area is 92.1 Å². The summed E-state index contributed by atoms with van der Waals surface area (Å²) in [5.74, 6) is 0.203. The summed E-state index contributed by atoms with van der Waals surface area (Å²) >= 11 is 0. The molecule has 1 rings (SSSR count). The average molecular weight is 235 g/mol. The Morgan fingerprint density at radius 2 is 2.07 bits per heavy atom. The maximum absolute atomic E-state index is 11.9. The van der Waals surface area contributed by atoms with Gasteiger partial charge in [-0.15, -0.1) is 0 Å². The molecule has 0 saturated carbocycles. The normalized spacial score (nSPS) is 32.5. The first-order valence-corrected chi connectivity index (χ1v) is 6.84. The molecule has 0 radical (unpaired) electrons. The standard InChI is InChI=1S/C10H21NO3S/c1-9(2)8(5-6-15(9,12)13)10(3,7-11)14-4/h8H,5-7,11H2,1-4H3. The van der Waals surface area contributed by atoms with Crippen LogP contribution >= 0.6 is 0 Å². The van der Waals surface area contributed by atoms with Crippen LogP contribution in [0.5, 0.6) is 0 Å². The molecule has 0 aromatic heterocycles. The van der Waals surface area contributed by atoms with E-state index in [1.165, 1.54) is 0 Å². The number of hydrogen-bond donors (Lipinski definition) is 1. The van der Waals surface area contributed by atoms with Crippen molar-refractivity contribution < 1.29 is 13.2 Å². The van der Waals surface area contributed by atoms with Crippen LogP contribution in [0, 0.1) is 5.92 Å². The number of ether oxygens (including phenoxy) is 1. The van der Waals surface area contributed by atoms with Crippen LogP contribution < -0.4 is 5.73 Å². The summed E-state index contributed by atoms with van der Waals surface area (Å²) in [6.45, 7) is 5.77. The highest BCUT2D eigenvalue weighted by atomic mass is 32.2. The van der Waals surface area contributed by atoms with Gasteiger partial charge in [0, 0.05) is 19.6 Å². The number of methoxy groups -OCH3 is 1. The summed E-state index contributed by atoms with van der Waals surface area (Å²) in [4.78, 5) is 0. The van der Waals surface area contributed by atoms with Gasteiger partial charge in [-0.05, 0) is 27.2 Å². The third kappa shape index (κ3) is 1.81. The van der Waals surface area contributed by atoms with E-state index in [-0.39, 0.29) is 11.7 Å². The Morgan fingerprint density at radius 1 is 1.53 bits per heavy atom. The molecule has 2 unspecified atom stereocenters. The Morgan fingerprint density at radius 3 is 2.33 bits per heavy atom. The van der Waals surface area contributed by atoms with Crippen molar-refractivity contribution in [3.63, 3.8) is 0 Å². The second-order valence-corrected chi connectivity index (χ2v) is 7.67. The molecule has 2 N–H and O–H groups in total. The topological polar surface area (TPSA) is 69.4 Å². The van der Waals surface area contributed by atoms with Gasteiger partial charge in [0.1, 0.15) is 0 Å². The Hall–Kier alpha value is -0.130. The molecule has 0 aliphatic carbocycles. The number of nitrogens with two attached hydrogens (primary N) is 1. The molecule has 4 nitrogen and oxygen atoms in total. The van der Waals surface area contributed by atoms with Crippen LogP contribution in [0.4, 0.5) is 0 Å². The van der Waals surface area contributed by atoms with Crippen molar-refractivity contribution >= 4 is 9.84 Å². The van der Waals surface area contributed by atoms with E-state index in [9.17, 15) is 8.42 Å². The predicted molar refractivity (Wildman–Crippen MR) is 60.4 cm³/mol. The van der Waals surface area contributed by atoms with Crippen molar-refractivity contribution in [2.75, 3.05) is 19.4 Å². The third-order valence-electron chi connectivity index (χ3n) is 3.92.